The van der Waals surface area contributed by atoms with Gasteiger partial charge >= 0.3 is 5.97 Å². The number of allylic oxidation sites excluding steroid dienone is 3. The molecule has 31 heavy (non-hydrogen) atoms. The fourth-order valence-electron chi connectivity index (χ4n) is 4.60. The van der Waals surface area contributed by atoms with Gasteiger partial charge in [-0.1, -0.05) is 74.0 Å². The van der Waals surface area contributed by atoms with E-state index in [1.54, 1.807) is 0 Å². The molecule has 1 atom stereocenters. The highest BCUT2D eigenvalue weighted by Gasteiger charge is 2.43. The summed E-state index contributed by atoms with van der Waals surface area (Å²) in [6, 6.07) is 17.7. The van der Waals surface area contributed by atoms with Gasteiger partial charge in [-0.15, -0.1) is 0 Å². The van der Waals surface area contributed by atoms with E-state index in [9.17, 15) is 9.59 Å². The molecule has 0 radical (unpaired) electrons. The summed E-state index contributed by atoms with van der Waals surface area (Å²) in [6.45, 7) is 8.35. The molecule has 0 unspecified atom stereocenters. The maximum Gasteiger partial charge on any atom is 0.337 e. The van der Waals surface area contributed by atoms with Crippen LogP contribution in [0.5, 0.6) is 0 Å². The Balaban J connectivity index is 1.73. The topological polar surface area (TPSA) is 55.4 Å². The van der Waals surface area contributed by atoms with Gasteiger partial charge in [-0.3, -0.25) is 4.79 Å². The van der Waals surface area contributed by atoms with Gasteiger partial charge in [-0.25, -0.2) is 4.79 Å². The lowest BCUT2D eigenvalue weighted by Crippen LogP contribution is -2.38. The average molecular weight is 416 g/mol. The Morgan fingerprint density at radius 3 is 2.39 bits per heavy atom. The van der Waals surface area contributed by atoms with Crippen LogP contribution in [0.2, 0.25) is 0 Å². The number of nitrogens with one attached hydrogen (secondary N) is 1. The van der Waals surface area contributed by atoms with Crippen LogP contribution in [0, 0.1) is 12.3 Å². The number of Topliss-reactive ketones (excluding diaryl/α,β-unsaturated/α-hetero) is 1. The summed E-state index contributed by atoms with van der Waals surface area (Å²) in [4.78, 5) is 26.6. The van der Waals surface area contributed by atoms with E-state index in [-0.39, 0.29) is 23.8 Å². The van der Waals surface area contributed by atoms with Gasteiger partial charge in [-0.05, 0) is 36.8 Å². The Morgan fingerprint density at radius 1 is 1.03 bits per heavy atom. The molecule has 0 bridgehead atoms. The number of ether oxygens (including phenoxy) is 1. The van der Waals surface area contributed by atoms with E-state index in [0.29, 0.717) is 17.6 Å². The number of dihydropyridines is 1. The van der Waals surface area contributed by atoms with Crippen molar-refractivity contribution < 1.29 is 14.3 Å². The molecule has 0 amide bonds. The first kappa shape index (κ1) is 21.1. The van der Waals surface area contributed by atoms with Gasteiger partial charge in [0.25, 0.3) is 0 Å². The first-order chi connectivity index (χ1) is 14.7. The number of ketones is 1. The van der Waals surface area contributed by atoms with E-state index in [2.05, 4.69) is 19.2 Å². The van der Waals surface area contributed by atoms with Crippen LogP contribution in [0.1, 0.15) is 56.2 Å². The normalized spacial score (nSPS) is 20.3. The van der Waals surface area contributed by atoms with Gasteiger partial charge in [0.15, 0.2) is 5.78 Å². The van der Waals surface area contributed by atoms with Crippen molar-refractivity contribution in [2.45, 2.75) is 53.1 Å². The molecule has 0 saturated carbocycles. The molecule has 2 aliphatic rings. The maximum absolute atomic E-state index is 13.3. The average Bonchev–Trinajstić information content (AvgIpc) is 2.71. The number of carbonyl (C=O) groups is 2. The van der Waals surface area contributed by atoms with Crippen molar-refractivity contribution in [2.24, 2.45) is 5.41 Å². The van der Waals surface area contributed by atoms with Crippen LogP contribution in [0.25, 0.3) is 0 Å². The maximum atomic E-state index is 13.3. The number of hydrogen-bond acceptors (Lipinski definition) is 4. The molecule has 2 aromatic rings. The number of rotatable bonds is 4. The van der Waals surface area contributed by atoms with Crippen LogP contribution in [0.4, 0.5) is 0 Å². The van der Waals surface area contributed by atoms with E-state index in [1.165, 1.54) is 0 Å². The zero-order chi connectivity index (χ0) is 22.2. The molecule has 0 aromatic heterocycles. The molecule has 0 saturated heterocycles. The molecular formula is C27H29NO3. The van der Waals surface area contributed by atoms with Crippen LogP contribution < -0.4 is 5.32 Å². The summed E-state index contributed by atoms with van der Waals surface area (Å²) in [5.74, 6) is -0.697. The van der Waals surface area contributed by atoms with E-state index >= 15 is 0 Å². The molecule has 0 fully saturated rings. The predicted molar refractivity (Wildman–Crippen MR) is 121 cm³/mol. The number of aryl methyl sites for hydroxylation is 1. The van der Waals surface area contributed by atoms with Crippen LogP contribution in [-0.2, 0) is 20.9 Å². The third kappa shape index (κ3) is 4.34. The Bertz CT molecular complexity index is 1080. The van der Waals surface area contributed by atoms with E-state index in [4.69, 9.17) is 4.74 Å². The first-order valence-electron chi connectivity index (χ1n) is 10.8. The smallest absolute Gasteiger partial charge is 0.337 e. The summed E-state index contributed by atoms with van der Waals surface area (Å²) in [6.07, 6.45) is 1.25. The predicted octanol–water partition coefficient (Wildman–Crippen LogP) is 5.34. The van der Waals surface area contributed by atoms with Gasteiger partial charge in [0.1, 0.15) is 6.61 Å². The van der Waals surface area contributed by atoms with E-state index in [1.807, 2.05) is 68.4 Å². The Morgan fingerprint density at radius 2 is 1.71 bits per heavy atom. The third-order valence-corrected chi connectivity index (χ3v) is 6.08. The second-order valence-corrected chi connectivity index (χ2v) is 9.40. The van der Waals surface area contributed by atoms with Gasteiger partial charge in [0.05, 0.1) is 5.57 Å². The highest BCUT2D eigenvalue weighted by molar-refractivity contribution is 6.04. The van der Waals surface area contributed by atoms with Crippen molar-refractivity contribution >= 4 is 11.8 Å². The molecule has 1 heterocycles. The quantitative estimate of drug-likeness (QED) is 0.685. The lowest BCUT2D eigenvalue weighted by atomic mass is 9.68. The van der Waals surface area contributed by atoms with Crippen molar-refractivity contribution in [1.82, 2.24) is 5.32 Å². The number of hydrogen-bond donors (Lipinski definition) is 1. The van der Waals surface area contributed by atoms with Gasteiger partial charge < -0.3 is 10.1 Å². The Hall–Kier alpha value is -3.14. The van der Waals surface area contributed by atoms with Crippen molar-refractivity contribution in [1.29, 1.82) is 0 Å². The van der Waals surface area contributed by atoms with Crippen molar-refractivity contribution in [3.05, 3.63) is 93.8 Å². The second kappa shape index (κ2) is 8.18. The first-order valence-corrected chi connectivity index (χ1v) is 10.8. The van der Waals surface area contributed by atoms with Gasteiger partial charge in [0, 0.05) is 29.3 Å². The van der Waals surface area contributed by atoms with Crippen LogP contribution in [0.3, 0.4) is 0 Å². The molecular weight excluding hydrogens is 386 g/mol. The van der Waals surface area contributed by atoms with Crippen LogP contribution in [-0.4, -0.2) is 11.8 Å². The molecule has 4 rings (SSSR count). The molecule has 0 spiro atoms. The van der Waals surface area contributed by atoms with Crippen molar-refractivity contribution in [3.8, 4) is 0 Å². The summed E-state index contributed by atoms with van der Waals surface area (Å²) in [7, 11) is 0. The highest BCUT2D eigenvalue weighted by atomic mass is 16.5. The monoisotopic (exact) mass is 415 g/mol. The SMILES string of the molecule is CC1=C(C(=O)OCc2ccccc2)[C@H](c2ccc(C)cc2)C2=C(CC(C)(C)CC2=O)N1. The van der Waals surface area contributed by atoms with E-state index < -0.39 is 5.92 Å². The minimum Gasteiger partial charge on any atom is -0.457 e. The number of benzene rings is 2. The molecule has 160 valence electrons. The van der Waals surface area contributed by atoms with Crippen LogP contribution in [0.15, 0.2) is 77.1 Å². The number of carbonyl (C=O) groups excluding carboxylic acids is 2. The zero-order valence-corrected chi connectivity index (χ0v) is 18.6. The summed E-state index contributed by atoms with van der Waals surface area (Å²) >= 11 is 0. The summed E-state index contributed by atoms with van der Waals surface area (Å²) in [5, 5.41) is 3.38. The largest absolute Gasteiger partial charge is 0.457 e. The van der Waals surface area contributed by atoms with Crippen LogP contribution >= 0.6 is 0 Å². The van der Waals surface area contributed by atoms with Gasteiger partial charge in [0.2, 0.25) is 0 Å². The lowest BCUT2D eigenvalue weighted by molar-refractivity contribution is -0.140. The molecule has 2 aromatic carbocycles. The standard InChI is InChI=1S/C27H29NO3/c1-17-10-12-20(13-11-17)24-23(26(30)31-16-19-8-6-5-7-9-19)18(2)28-21-14-27(3,4)15-22(29)25(21)24/h5-13,24,28H,14-16H2,1-4H3/t24-/m0/s1. The minimum absolute atomic E-state index is 0.102. The lowest BCUT2D eigenvalue weighted by Gasteiger charge is -2.39. The van der Waals surface area contributed by atoms with Gasteiger partial charge in [-0.2, -0.15) is 0 Å². The highest BCUT2D eigenvalue weighted by Crippen LogP contribution is 2.46. The molecule has 4 heteroatoms. The Kier molecular flexibility index (Phi) is 5.57. The van der Waals surface area contributed by atoms with Crippen molar-refractivity contribution in [3.63, 3.8) is 0 Å². The fourth-order valence-corrected chi connectivity index (χ4v) is 4.60. The second-order valence-electron chi connectivity index (χ2n) is 9.40. The number of esters is 1. The summed E-state index contributed by atoms with van der Waals surface area (Å²) in [5.41, 5.74) is 5.83. The molecule has 1 N–H and O–H groups in total. The summed E-state index contributed by atoms with van der Waals surface area (Å²) < 4.78 is 5.70. The molecule has 1 aliphatic carbocycles. The molecule has 4 nitrogen and oxygen atoms in total. The fraction of sp³-hybridized carbons (Fsp3) is 0.333. The van der Waals surface area contributed by atoms with Crippen molar-refractivity contribution in [2.75, 3.05) is 0 Å². The zero-order valence-electron chi connectivity index (χ0n) is 18.6. The minimum atomic E-state index is -0.413. The Labute approximate surface area is 184 Å². The third-order valence-electron chi connectivity index (χ3n) is 6.08. The van der Waals surface area contributed by atoms with E-state index in [0.717, 1.165) is 34.5 Å². The molecule has 1 aliphatic heterocycles.